The Balaban J connectivity index is 4.32. The summed E-state index contributed by atoms with van der Waals surface area (Å²) in [5.74, 6) is 0.740. The van der Waals surface area contributed by atoms with E-state index >= 15 is 0 Å². The van der Waals surface area contributed by atoms with E-state index in [1.807, 2.05) is 7.05 Å². The normalized spacial score (nSPS) is 16.7. The van der Waals surface area contributed by atoms with Gasteiger partial charge in [0.25, 0.3) is 0 Å². The third-order valence-electron chi connectivity index (χ3n) is 2.94. The van der Waals surface area contributed by atoms with Crippen LogP contribution < -0.4 is 5.32 Å². The lowest BCUT2D eigenvalue weighted by molar-refractivity contribution is 0.123. The molecule has 2 heteroatoms. The van der Waals surface area contributed by atoms with Gasteiger partial charge in [0.15, 0.2) is 0 Å². The van der Waals surface area contributed by atoms with Crippen LogP contribution >= 0.6 is 0 Å². The van der Waals surface area contributed by atoms with Crippen molar-refractivity contribution in [3.05, 3.63) is 0 Å². The van der Waals surface area contributed by atoms with Crippen molar-refractivity contribution < 1.29 is 0 Å². The Morgan fingerprint density at radius 2 is 1.50 bits per heavy atom. The fourth-order valence-electron chi connectivity index (χ4n) is 1.80. The number of nitrogens with one attached hydrogen (secondary N) is 1. The number of hydrogen-bond acceptors (Lipinski definition) is 2. The van der Waals surface area contributed by atoms with E-state index in [1.54, 1.807) is 0 Å². The van der Waals surface area contributed by atoms with Gasteiger partial charge in [-0.1, -0.05) is 13.8 Å². The average molecular weight is 200 g/mol. The van der Waals surface area contributed by atoms with Crippen LogP contribution in [0.3, 0.4) is 0 Å². The number of hydrogen-bond donors (Lipinski definition) is 1. The van der Waals surface area contributed by atoms with Gasteiger partial charge in [-0.25, -0.2) is 0 Å². The lowest BCUT2D eigenvalue weighted by Crippen LogP contribution is -2.50. The molecule has 0 radical (unpaired) electrons. The summed E-state index contributed by atoms with van der Waals surface area (Å²) in [7, 11) is 2.04. The van der Waals surface area contributed by atoms with Gasteiger partial charge in [-0.3, -0.25) is 4.90 Å². The van der Waals surface area contributed by atoms with E-state index in [-0.39, 0.29) is 0 Å². The Morgan fingerprint density at radius 1 is 1.00 bits per heavy atom. The van der Waals surface area contributed by atoms with Crippen LogP contribution in [0.25, 0.3) is 0 Å². The van der Waals surface area contributed by atoms with Crippen LogP contribution in [0.1, 0.15) is 41.5 Å². The second kappa shape index (κ2) is 6.41. The minimum atomic E-state index is 0.552. The van der Waals surface area contributed by atoms with Crippen molar-refractivity contribution in [3.63, 3.8) is 0 Å². The molecule has 0 heterocycles. The van der Waals surface area contributed by atoms with Crippen molar-refractivity contribution in [2.75, 3.05) is 13.6 Å². The molecule has 0 spiro atoms. The maximum atomic E-state index is 3.33. The molecule has 1 N–H and O–H groups in total. The zero-order valence-electron chi connectivity index (χ0n) is 11.0. The minimum absolute atomic E-state index is 0.552. The summed E-state index contributed by atoms with van der Waals surface area (Å²) in [5.41, 5.74) is 0. The van der Waals surface area contributed by atoms with Gasteiger partial charge in [-0.05, 0) is 40.7 Å². The monoisotopic (exact) mass is 200 g/mol. The summed E-state index contributed by atoms with van der Waals surface area (Å²) < 4.78 is 0. The van der Waals surface area contributed by atoms with E-state index in [1.165, 1.54) is 6.54 Å². The summed E-state index contributed by atoms with van der Waals surface area (Å²) in [6.07, 6.45) is 0. The highest BCUT2D eigenvalue weighted by atomic mass is 15.2. The largest absolute Gasteiger partial charge is 0.316 e. The topological polar surface area (TPSA) is 15.3 Å². The first-order valence-corrected chi connectivity index (χ1v) is 5.83. The van der Waals surface area contributed by atoms with Crippen LogP contribution in [-0.4, -0.2) is 36.6 Å². The van der Waals surface area contributed by atoms with E-state index in [9.17, 15) is 0 Å². The molecule has 0 aromatic rings. The Labute approximate surface area is 90.1 Å². The van der Waals surface area contributed by atoms with Crippen molar-refractivity contribution in [1.29, 1.82) is 0 Å². The second-order valence-electron chi connectivity index (χ2n) is 5.00. The molecular weight excluding hydrogens is 172 g/mol. The molecular formula is C12H28N2. The molecule has 2 nitrogen and oxygen atoms in total. The molecule has 0 aliphatic carbocycles. The molecule has 0 bridgehead atoms. The zero-order chi connectivity index (χ0) is 11.3. The van der Waals surface area contributed by atoms with E-state index in [0.717, 1.165) is 5.92 Å². The first-order valence-electron chi connectivity index (χ1n) is 5.83. The zero-order valence-corrected chi connectivity index (χ0v) is 11.0. The van der Waals surface area contributed by atoms with Gasteiger partial charge in [0.05, 0.1) is 0 Å². The van der Waals surface area contributed by atoms with Crippen LogP contribution in [0, 0.1) is 5.92 Å². The Morgan fingerprint density at radius 3 is 1.79 bits per heavy atom. The van der Waals surface area contributed by atoms with Crippen LogP contribution in [0.4, 0.5) is 0 Å². The molecule has 0 aliphatic rings. The van der Waals surface area contributed by atoms with E-state index in [0.29, 0.717) is 18.1 Å². The van der Waals surface area contributed by atoms with E-state index in [4.69, 9.17) is 0 Å². The maximum absolute atomic E-state index is 3.33. The number of likely N-dealkylation sites (N-methyl/N-ethyl adjacent to an activating group) is 1. The molecule has 0 saturated heterocycles. The summed E-state index contributed by atoms with van der Waals surface area (Å²) in [5, 5.41) is 3.33. The fraction of sp³-hybridized carbons (Fsp3) is 1.00. The van der Waals surface area contributed by atoms with Gasteiger partial charge in [-0.15, -0.1) is 0 Å². The van der Waals surface area contributed by atoms with Gasteiger partial charge in [0, 0.05) is 24.7 Å². The van der Waals surface area contributed by atoms with Gasteiger partial charge in [0.1, 0.15) is 0 Å². The van der Waals surface area contributed by atoms with Crippen LogP contribution in [0.2, 0.25) is 0 Å². The smallest absolute Gasteiger partial charge is 0.0221 e. The standard InChI is InChI=1S/C12H28N2/c1-9(2)8-14(10(3)4)12(6)11(5)13-7/h9-13H,8H2,1-7H3. The average Bonchev–Trinajstić information content (AvgIpc) is 2.11. The highest BCUT2D eigenvalue weighted by Crippen LogP contribution is 2.11. The predicted octanol–water partition coefficient (Wildman–Crippen LogP) is 2.35. The summed E-state index contributed by atoms with van der Waals surface area (Å²) in [4.78, 5) is 2.58. The predicted molar refractivity (Wildman–Crippen MR) is 64.7 cm³/mol. The lowest BCUT2D eigenvalue weighted by Gasteiger charge is -2.37. The van der Waals surface area contributed by atoms with Crippen molar-refractivity contribution in [3.8, 4) is 0 Å². The Kier molecular flexibility index (Phi) is 6.38. The number of rotatable bonds is 6. The van der Waals surface area contributed by atoms with E-state index < -0.39 is 0 Å². The van der Waals surface area contributed by atoms with Crippen molar-refractivity contribution >= 4 is 0 Å². The first kappa shape index (κ1) is 13.9. The summed E-state index contributed by atoms with van der Waals surface area (Å²) in [6.45, 7) is 14.9. The maximum Gasteiger partial charge on any atom is 0.0221 e. The molecule has 0 aromatic heterocycles. The molecule has 2 atom stereocenters. The molecule has 0 rings (SSSR count). The van der Waals surface area contributed by atoms with Crippen LogP contribution in [-0.2, 0) is 0 Å². The second-order valence-corrected chi connectivity index (χ2v) is 5.00. The molecule has 86 valence electrons. The SMILES string of the molecule is CNC(C)C(C)N(CC(C)C)C(C)C. The van der Waals surface area contributed by atoms with Gasteiger partial charge in [-0.2, -0.15) is 0 Å². The van der Waals surface area contributed by atoms with Crippen LogP contribution in [0.5, 0.6) is 0 Å². The van der Waals surface area contributed by atoms with Crippen molar-refractivity contribution in [2.45, 2.75) is 59.7 Å². The molecule has 0 fully saturated rings. The van der Waals surface area contributed by atoms with Crippen molar-refractivity contribution in [1.82, 2.24) is 10.2 Å². The third-order valence-corrected chi connectivity index (χ3v) is 2.94. The Hall–Kier alpha value is -0.0800. The van der Waals surface area contributed by atoms with Gasteiger partial charge in [0.2, 0.25) is 0 Å². The molecule has 0 aliphatic heterocycles. The minimum Gasteiger partial charge on any atom is -0.316 e. The quantitative estimate of drug-likeness (QED) is 0.708. The molecule has 0 amide bonds. The lowest BCUT2D eigenvalue weighted by atomic mass is 10.1. The molecule has 14 heavy (non-hydrogen) atoms. The summed E-state index contributed by atoms with van der Waals surface area (Å²) >= 11 is 0. The van der Waals surface area contributed by atoms with Crippen molar-refractivity contribution in [2.24, 2.45) is 5.92 Å². The highest BCUT2D eigenvalue weighted by Gasteiger charge is 2.21. The van der Waals surface area contributed by atoms with Gasteiger partial charge >= 0.3 is 0 Å². The first-order chi connectivity index (χ1) is 6.40. The fourth-order valence-corrected chi connectivity index (χ4v) is 1.80. The van der Waals surface area contributed by atoms with Gasteiger partial charge < -0.3 is 5.32 Å². The van der Waals surface area contributed by atoms with Crippen LogP contribution in [0.15, 0.2) is 0 Å². The molecule has 0 saturated carbocycles. The highest BCUT2D eigenvalue weighted by molar-refractivity contribution is 4.79. The third kappa shape index (κ3) is 4.43. The molecule has 0 aromatic carbocycles. The Bertz CT molecular complexity index is 143. The number of nitrogens with zero attached hydrogens (tertiary/aromatic N) is 1. The summed E-state index contributed by atoms with van der Waals surface area (Å²) in [6, 6.07) is 1.78. The molecule has 2 unspecified atom stereocenters. The van der Waals surface area contributed by atoms with E-state index in [2.05, 4.69) is 51.8 Å².